The summed E-state index contributed by atoms with van der Waals surface area (Å²) < 4.78 is 0.738. The second-order valence-electron chi connectivity index (χ2n) is 3.67. The van der Waals surface area contributed by atoms with Crippen molar-refractivity contribution in [2.45, 2.75) is 18.7 Å². The normalized spacial score (nSPS) is 35.3. The van der Waals surface area contributed by atoms with E-state index in [4.69, 9.17) is 16.7 Å². The number of rotatable bonds is 2. The molecule has 0 amide bonds. The van der Waals surface area contributed by atoms with E-state index in [1.54, 1.807) is 6.08 Å². The number of allylic oxidation sites excluding steroid dienone is 1. The predicted molar refractivity (Wildman–Crippen MR) is 59.4 cm³/mol. The Balaban J connectivity index is 2.95. The molecule has 0 aromatic rings. The lowest BCUT2D eigenvalue weighted by atomic mass is 10.1. The van der Waals surface area contributed by atoms with E-state index >= 15 is 0 Å². The number of hydrogen-bond acceptors (Lipinski definition) is 1. The predicted octanol–water partition coefficient (Wildman–Crippen LogP) is 3.34. The van der Waals surface area contributed by atoms with Gasteiger partial charge in [-0.1, -0.05) is 19.9 Å². The summed E-state index contributed by atoms with van der Waals surface area (Å²) in [5.41, 5.74) is -0.396. The molecule has 74 valence electrons. The maximum Gasteiger partial charge on any atom is 0.325 e. The molecule has 0 unspecified atom stereocenters. The van der Waals surface area contributed by atoms with E-state index in [1.165, 1.54) is 0 Å². The summed E-state index contributed by atoms with van der Waals surface area (Å²) in [6, 6.07) is 0. The first-order valence-electron chi connectivity index (χ1n) is 3.69. The summed E-state index contributed by atoms with van der Waals surface area (Å²) in [5.74, 6) is -1.10. The van der Waals surface area contributed by atoms with E-state index in [9.17, 15) is 4.79 Å². The highest BCUT2D eigenvalue weighted by Crippen LogP contribution is 2.67. The molecule has 1 aliphatic rings. The minimum Gasteiger partial charge on any atom is -0.480 e. The molecule has 0 heterocycles. The van der Waals surface area contributed by atoms with Gasteiger partial charge < -0.3 is 5.11 Å². The van der Waals surface area contributed by atoms with Crippen LogP contribution in [0, 0.1) is 11.3 Å². The SMILES string of the molecule is CC1(C)[C@@H](C=C(Br)Br)[C@@]1(Cl)C(=O)O. The number of halogens is 3. The van der Waals surface area contributed by atoms with Gasteiger partial charge in [0.05, 0.1) is 3.39 Å². The van der Waals surface area contributed by atoms with Crippen LogP contribution in [0.2, 0.25) is 0 Å². The van der Waals surface area contributed by atoms with Crippen LogP contribution < -0.4 is 0 Å². The first kappa shape index (κ1) is 11.5. The quantitative estimate of drug-likeness (QED) is 0.788. The molecule has 13 heavy (non-hydrogen) atoms. The van der Waals surface area contributed by atoms with Gasteiger partial charge in [0, 0.05) is 11.3 Å². The van der Waals surface area contributed by atoms with Gasteiger partial charge in [0.25, 0.3) is 0 Å². The van der Waals surface area contributed by atoms with Crippen LogP contribution in [0.3, 0.4) is 0 Å². The molecule has 0 aromatic carbocycles. The molecule has 2 atom stereocenters. The summed E-state index contributed by atoms with van der Waals surface area (Å²) in [6.07, 6.45) is 1.78. The van der Waals surface area contributed by atoms with E-state index in [0.717, 1.165) is 3.39 Å². The molecular weight excluding hydrogens is 323 g/mol. The summed E-state index contributed by atoms with van der Waals surface area (Å²) in [6.45, 7) is 3.69. The van der Waals surface area contributed by atoms with E-state index in [-0.39, 0.29) is 5.92 Å². The number of hydrogen-bond donors (Lipinski definition) is 1. The van der Waals surface area contributed by atoms with Gasteiger partial charge in [-0.25, -0.2) is 0 Å². The maximum absolute atomic E-state index is 10.9. The number of carbonyl (C=O) groups is 1. The average molecular weight is 332 g/mol. The van der Waals surface area contributed by atoms with Crippen molar-refractivity contribution < 1.29 is 9.90 Å². The highest BCUT2D eigenvalue weighted by molar-refractivity contribution is 9.28. The van der Waals surface area contributed by atoms with Crippen LogP contribution in [0.15, 0.2) is 9.47 Å². The van der Waals surface area contributed by atoms with Gasteiger partial charge >= 0.3 is 5.97 Å². The second-order valence-corrected chi connectivity index (χ2v) is 7.04. The Morgan fingerprint density at radius 1 is 1.54 bits per heavy atom. The molecule has 0 bridgehead atoms. The van der Waals surface area contributed by atoms with Crippen molar-refractivity contribution in [3.63, 3.8) is 0 Å². The van der Waals surface area contributed by atoms with Crippen LogP contribution in [-0.2, 0) is 4.79 Å². The molecule has 0 spiro atoms. The molecule has 0 aliphatic heterocycles. The average Bonchev–Trinajstić information content (AvgIpc) is 2.35. The number of aliphatic carboxylic acids is 1. The molecule has 1 fully saturated rings. The minimum absolute atomic E-state index is 0.145. The van der Waals surface area contributed by atoms with Crippen molar-refractivity contribution in [2.75, 3.05) is 0 Å². The van der Waals surface area contributed by atoms with Gasteiger partial charge in [-0.15, -0.1) is 11.6 Å². The number of alkyl halides is 1. The zero-order valence-corrected chi connectivity index (χ0v) is 11.1. The zero-order chi connectivity index (χ0) is 10.4. The molecule has 1 rings (SSSR count). The Labute approximate surface area is 98.6 Å². The summed E-state index contributed by atoms with van der Waals surface area (Å²) in [4.78, 5) is 9.75. The largest absolute Gasteiger partial charge is 0.480 e. The maximum atomic E-state index is 10.9. The minimum atomic E-state index is -1.15. The lowest BCUT2D eigenvalue weighted by molar-refractivity contribution is -0.138. The third-order valence-electron chi connectivity index (χ3n) is 2.66. The molecule has 0 saturated heterocycles. The summed E-state index contributed by atoms with van der Waals surface area (Å²) in [5, 5.41) is 8.94. The molecule has 1 aliphatic carbocycles. The fourth-order valence-corrected chi connectivity index (χ4v) is 2.53. The lowest BCUT2D eigenvalue weighted by Gasteiger charge is -2.03. The van der Waals surface area contributed by atoms with Crippen LogP contribution in [0.4, 0.5) is 0 Å². The van der Waals surface area contributed by atoms with E-state index < -0.39 is 16.3 Å². The molecule has 1 N–H and O–H groups in total. The van der Waals surface area contributed by atoms with Crippen molar-refractivity contribution in [1.29, 1.82) is 0 Å². The van der Waals surface area contributed by atoms with Crippen LogP contribution >= 0.6 is 43.5 Å². The number of carboxylic acid groups (broad SMARTS) is 1. The molecule has 5 heteroatoms. The van der Waals surface area contributed by atoms with Gasteiger partial charge in [0.15, 0.2) is 4.87 Å². The highest BCUT2D eigenvalue weighted by Gasteiger charge is 2.74. The Hall–Kier alpha value is 0.460. The van der Waals surface area contributed by atoms with Crippen molar-refractivity contribution in [2.24, 2.45) is 11.3 Å². The fourth-order valence-electron chi connectivity index (χ4n) is 1.61. The van der Waals surface area contributed by atoms with E-state index in [1.807, 2.05) is 13.8 Å². The van der Waals surface area contributed by atoms with Gasteiger partial charge in [-0.2, -0.15) is 0 Å². The third-order valence-corrected chi connectivity index (χ3v) is 4.08. The van der Waals surface area contributed by atoms with E-state index in [2.05, 4.69) is 31.9 Å². The Bertz CT molecular complexity index is 284. The van der Waals surface area contributed by atoms with Gasteiger partial charge in [0.1, 0.15) is 0 Å². The lowest BCUT2D eigenvalue weighted by Crippen LogP contribution is -2.21. The van der Waals surface area contributed by atoms with Gasteiger partial charge in [-0.05, 0) is 31.9 Å². The number of carboxylic acids is 1. The van der Waals surface area contributed by atoms with Crippen LogP contribution in [0.1, 0.15) is 13.8 Å². The standard InChI is InChI=1S/C8H9Br2ClO2/c1-7(2)4(3-5(9)10)8(7,11)6(12)13/h3-4H,1-2H3,(H,12,13)/t4-,8-/m1/s1. The zero-order valence-electron chi connectivity index (χ0n) is 7.14. The topological polar surface area (TPSA) is 37.3 Å². The Morgan fingerprint density at radius 2 is 2.00 bits per heavy atom. The molecule has 1 saturated carbocycles. The molecule has 0 aromatic heterocycles. The first-order valence-corrected chi connectivity index (χ1v) is 5.66. The molecule has 2 nitrogen and oxygen atoms in total. The van der Waals surface area contributed by atoms with Gasteiger partial charge in [0.2, 0.25) is 0 Å². The molecule has 0 radical (unpaired) electrons. The smallest absolute Gasteiger partial charge is 0.325 e. The Morgan fingerprint density at radius 3 is 2.23 bits per heavy atom. The third kappa shape index (κ3) is 1.57. The molecular formula is C8H9Br2ClO2. The fraction of sp³-hybridized carbons (Fsp3) is 0.625. The summed E-state index contributed by atoms with van der Waals surface area (Å²) in [7, 11) is 0. The van der Waals surface area contributed by atoms with Crippen molar-refractivity contribution in [1.82, 2.24) is 0 Å². The van der Waals surface area contributed by atoms with Crippen LogP contribution in [0.25, 0.3) is 0 Å². The summed E-state index contributed by atoms with van der Waals surface area (Å²) >= 11 is 12.4. The Kier molecular flexibility index (Phi) is 2.88. The van der Waals surface area contributed by atoms with Crippen molar-refractivity contribution >= 4 is 49.4 Å². The monoisotopic (exact) mass is 330 g/mol. The highest BCUT2D eigenvalue weighted by atomic mass is 79.9. The first-order chi connectivity index (χ1) is 5.74. The van der Waals surface area contributed by atoms with Crippen molar-refractivity contribution in [3.8, 4) is 0 Å². The van der Waals surface area contributed by atoms with E-state index in [0.29, 0.717) is 0 Å². The van der Waals surface area contributed by atoms with Crippen LogP contribution in [0.5, 0.6) is 0 Å². The van der Waals surface area contributed by atoms with Crippen LogP contribution in [-0.4, -0.2) is 16.0 Å². The second kappa shape index (κ2) is 3.24. The van der Waals surface area contributed by atoms with Crippen molar-refractivity contribution in [3.05, 3.63) is 9.47 Å². The van der Waals surface area contributed by atoms with Gasteiger partial charge in [-0.3, -0.25) is 4.79 Å².